The van der Waals surface area contributed by atoms with Crippen molar-refractivity contribution in [1.29, 1.82) is 0 Å². The first kappa shape index (κ1) is 21.5. The Kier molecular flexibility index (Phi) is 6.32. The molecule has 0 heterocycles. The Hall–Kier alpha value is -3.76. The molecule has 2 rings (SSSR count). The summed E-state index contributed by atoms with van der Waals surface area (Å²) in [5.41, 5.74) is 2.91. The van der Waals surface area contributed by atoms with E-state index in [2.05, 4.69) is 10.5 Å². The Labute approximate surface area is 162 Å². The van der Waals surface area contributed by atoms with Crippen molar-refractivity contribution >= 4 is 28.9 Å². The van der Waals surface area contributed by atoms with Crippen LogP contribution in [0.5, 0.6) is 0 Å². The summed E-state index contributed by atoms with van der Waals surface area (Å²) < 4.78 is 37.0. The second kappa shape index (κ2) is 8.50. The number of hydrogen-bond donors (Lipinski definition) is 2. The highest BCUT2D eigenvalue weighted by Gasteiger charge is 2.38. The minimum absolute atomic E-state index is 0.0186. The maximum atomic E-state index is 12.3. The molecule has 2 N–H and O–H groups in total. The van der Waals surface area contributed by atoms with Gasteiger partial charge in [0.05, 0.1) is 10.6 Å². The van der Waals surface area contributed by atoms with Gasteiger partial charge in [-0.1, -0.05) is 18.2 Å². The van der Waals surface area contributed by atoms with Gasteiger partial charge < -0.3 is 5.32 Å². The van der Waals surface area contributed by atoms with Crippen LogP contribution >= 0.6 is 0 Å². The third-order valence-corrected chi connectivity index (χ3v) is 3.79. The van der Waals surface area contributed by atoms with Crippen LogP contribution in [0.2, 0.25) is 0 Å². The average Bonchev–Trinajstić information content (AvgIpc) is 2.65. The molecule has 0 aliphatic heterocycles. The molecule has 0 spiro atoms. The molecule has 0 radical (unpaired) electrons. The maximum absolute atomic E-state index is 12.3. The van der Waals surface area contributed by atoms with Gasteiger partial charge in [-0.05, 0) is 37.6 Å². The molecule has 11 heteroatoms. The number of nitrogens with zero attached hydrogens (tertiary/aromatic N) is 2. The molecule has 2 aromatic rings. The standard InChI is InChI=1S/C18H15F3N4O4/c1-10-6-7-13(9-15(10)25(28)29)16(26)24-23-11(2)12-4-3-5-14(8-12)22-17(27)18(19,20)21/h3-9H,1-2H3,(H,22,27)(H,24,26)/b23-11-. The summed E-state index contributed by atoms with van der Waals surface area (Å²) >= 11 is 0. The molecule has 0 atom stereocenters. The summed E-state index contributed by atoms with van der Waals surface area (Å²) in [5, 5.41) is 16.5. The predicted molar refractivity (Wildman–Crippen MR) is 98.6 cm³/mol. The summed E-state index contributed by atoms with van der Waals surface area (Å²) in [6.07, 6.45) is -5.02. The van der Waals surface area contributed by atoms with Gasteiger partial charge in [0.2, 0.25) is 0 Å². The van der Waals surface area contributed by atoms with Crippen LogP contribution < -0.4 is 10.7 Å². The fourth-order valence-corrected chi connectivity index (χ4v) is 2.24. The van der Waals surface area contributed by atoms with Crippen molar-refractivity contribution in [1.82, 2.24) is 5.43 Å². The fourth-order valence-electron chi connectivity index (χ4n) is 2.24. The fraction of sp³-hybridized carbons (Fsp3) is 0.167. The number of carbonyl (C=O) groups is 2. The second-order valence-electron chi connectivity index (χ2n) is 5.93. The minimum atomic E-state index is -5.02. The Bertz CT molecular complexity index is 1000. The lowest BCUT2D eigenvalue weighted by Gasteiger charge is -2.09. The zero-order valence-corrected chi connectivity index (χ0v) is 15.2. The molecule has 152 valence electrons. The molecule has 8 nitrogen and oxygen atoms in total. The smallest absolute Gasteiger partial charge is 0.318 e. The molecule has 0 aromatic heterocycles. The number of anilines is 1. The molecule has 29 heavy (non-hydrogen) atoms. The van der Waals surface area contributed by atoms with Crippen molar-refractivity contribution in [2.75, 3.05) is 5.32 Å². The van der Waals surface area contributed by atoms with E-state index in [4.69, 9.17) is 0 Å². The predicted octanol–water partition coefficient (Wildman–Crippen LogP) is 3.56. The number of hydrogen-bond acceptors (Lipinski definition) is 5. The van der Waals surface area contributed by atoms with Crippen LogP contribution in [0.3, 0.4) is 0 Å². The van der Waals surface area contributed by atoms with Gasteiger partial charge in [0.1, 0.15) is 0 Å². The van der Waals surface area contributed by atoms with E-state index >= 15 is 0 Å². The van der Waals surface area contributed by atoms with Crippen LogP contribution in [0.15, 0.2) is 47.6 Å². The Morgan fingerprint density at radius 3 is 2.41 bits per heavy atom. The summed E-state index contributed by atoms with van der Waals surface area (Å²) in [4.78, 5) is 33.5. The minimum Gasteiger partial charge on any atom is -0.318 e. The lowest BCUT2D eigenvalue weighted by Crippen LogP contribution is -2.29. The summed E-state index contributed by atoms with van der Waals surface area (Å²) in [5.74, 6) is -2.81. The monoisotopic (exact) mass is 408 g/mol. The van der Waals surface area contributed by atoms with E-state index in [1.54, 1.807) is 5.32 Å². The van der Waals surface area contributed by atoms with E-state index in [9.17, 15) is 32.9 Å². The van der Waals surface area contributed by atoms with Crippen LogP contribution in [0.4, 0.5) is 24.5 Å². The molecule has 0 saturated heterocycles. The highest BCUT2D eigenvalue weighted by Crippen LogP contribution is 2.20. The SMILES string of the molecule is C/C(=N/NC(=O)c1ccc(C)c([N+](=O)[O-])c1)c1cccc(NC(=O)C(F)(F)F)c1. The van der Waals surface area contributed by atoms with Gasteiger partial charge in [-0.3, -0.25) is 19.7 Å². The van der Waals surface area contributed by atoms with Gasteiger partial charge in [-0.25, -0.2) is 5.43 Å². The first-order valence-electron chi connectivity index (χ1n) is 8.07. The van der Waals surface area contributed by atoms with E-state index < -0.39 is 22.9 Å². The molecule has 2 aromatic carbocycles. The number of nitrogens with one attached hydrogen (secondary N) is 2. The number of nitro benzene ring substituents is 1. The van der Waals surface area contributed by atoms with Gasteiger partial charge in [0.15, 0.2) is 0 Å². The summed E-state index contributed by atoms with van der Waals surface area (Å²) in [7, 11) is 0. The number of aryl methyl sites for hydroxylation is 1. The number of nitro groups is 1. The molecule has 0 fully saturated rings. The van der Waals surface area contributed by atoms with Crippen molar-refractivity contribution in [3.63, 3.8) is 0 Å². The van der Waals surface area contributed by atoms with Gasteiger partial charge in [-0.2, -0.15) is 18.3 Å². The number of carbonyl (C=O) groups excluding carboxylic acids is 2. The zero-order valence-electron chi connectivity index (χ0n) is 15.2. The quantitative estimate of drug-likeness (QED) is 0.447. The Morgan fingerprint density at radius 2 is 1.79 bits per heavy atom. The van der Waals surface area contributed by atoms with Crippen LogP contribution in [0, 0.1) is 17.0 Å². The van der Waals surface area contributed by atoms with Crippen molar-refractivity contribution in [2.45, 2.75) is 20.0 Å². The number of amides is 2. The van der Waals surface area contributed by atoms with Crippen molar-refractivity contribution in [2.24, 2.45) is 5.10 Å². The molecule has 0 aliphatic rings. The van der Waals surface area contributed by atoms with Crippen LogP contribution in [-0.4, -0.2) is 28.6 Å². The Morgan fingerprint density at radius 1 is 1.10 bits per heavy atom. The number of hydrazone groups is 1. The topological polar surface area (TPSA) is 114 Å². The van der Waals surface area contributed by atoms with E-state index in [0.29, 0.717) is 11.1 Å². The van der Waals surface area contributed by atoms with Gasteiger partial charge in [0.25, 0.3) is 11.6 Å². The average molecular weight is 408 g/mol. The first-order chi connectivity index (χ1) is 13.5. The van der Waals surface area contributed by atoms with E-state index in [0.717, 1.165) is 6.07 Å². The highest BCUT2D eigenvalue weighted by atomic mass is 19.4. The highest BCUT2D eigenvalue weighted by molar-refractivity contribution is 6.02. The van der Waals surface area contributed by atoms with Crippen LogP contribution in [0.1, 0.15) is 28.4 Å². The van der Waals surface area contributed by atoms with Crippen LogP contribution in [0.25, 0.3) is 0 Å². The van der Waals surface area contributed by atoms with Crippen LogP contribution in [-0.2, 0) is 4.79 Å². The third-order valence-electron chi connectivity index (χ3n) is 3.79. The maximum Gasteiger partial charge on any atom is 0.471 e. The van der Waals surface area contributed by atoms with Crippen molar-refractivity contribution in [3.05, 3.63) is 69.3 Å². The molecular formula is C18H15F3N4O4. The van der Waals surface area contributed by atoms with Gasteiger partial charge >= 0.3 is 12.1 Å². The lowest BCUT2D eigenvalue weighted by atomic mass is 10.1. The van der Waals surface area contributed by atoms with E-state index in [1.807, 2.05) is 0 Å². The van der Waals surface area contributed by atoms with E-state index in [1.165, 1.54) is 50.2 Å². The largest absolute Gasteiger partial charge is 0.471 e. The lowest BCUT2D eigenvalue weighted by molar-refractivity contribution is -0.385. The van der Waals surface area contributed by atoms with Crippen molar-refractivity contribution in [3.8, 4) is 0 Å². The first-order valence-corrected chi connectivity index (χ1v) is 8.07. The molecule has 0 saturated carbocycles. The second-order valence-corrected chi connectivity index (χ2v) is 5.93. The molecule has 0 bridgehead atoms. The zero-order chi connectivity index (χ0) is 21.8. The molecule has 0 aliphatic carbocycles. The Balaban J connectivity index is 2.15. The normalized spacial score (nSPS) is 11.7. The van der Waals surface area contributed by atoms with Crippen molar-refractivity contribution < 1.29 is 27.7 Å². The van der Waals surface area contributed by atoms with E-state index in [-0.39, 0.29) is 22.6 Å². The third kappa shape index (κ3) is 5.61. The number of benzene rings is 2. The molecule has 2 amide bonds. The van der Waals surface area contributed by atoms with Gasteiger partial charge in [0, 0.05) is 22.9 Å². The summed E-state index contributed by atoms with van der Waals surface area (Å²) in [6.45, 7) is 3.02. The number of rotatable bonds is 5. The number of alkyl halides is 3. The molecular weight excluding hydrogens is 393 g/mol. The summed E-state index contributed by atoms with van der Waals surface area (Å²) in [6, 6.07) is 9.39. The molecule has 0 unspecified atom stereocenters. The number of halogens is 3. The van der Waals surface area contributed by atoms with Gasteiger partial charge in [-0.15, -0.1) is 0 Å².